The number of nitrogens with zero attached hydrogens (tertiary/aromatic N) is 2. The first-order valence-corrected chi connectivity index (χ1v) is 7.06. The van der Waals surface area contributed by atoms with Crippen LogP contribution in [0.15, 0.2) is 30.5 Å². The van der Waals surface area contributed by atoms with E-state index in [2.05, 4.69) is 17.3 Å². The van der Waals surface area contributed by atoms with Gasteiger partial charge in [-0.05, 0) is 26.0 Å². The molecule has 1 heterocycles. The Balaban J connectivity index is 2.15. The largest absolute Gasteiger partial charge is 0.465 e. The lowest BCUT2D eigenvalue weighted by Crippen LogP contribution is -2.42. The number of nitrogens with one attached hydrogen (secondary N) is 1. The zero-order valence-electron chi connectivity index (χ0n) is 12.0. The number of carbonyl (C=O) groups is 1. The lowest BCUT2D eigenvalue weighted by atomic mass is 10.2. The molecule has 1 aromatic carbocycles. The van der Waals surface area contributed by atoms with Crippen LogP contribution in [0.2, 0.25) is 0 Å². The van der Waals surface area contributed by atoms with Crippen LogP contribution in [0, 0.1) is 0 Å². The lowest BCUT2D eigenvalue weighted by molar-refractivity contribution is -0.146. The molecule has 1 aromatic heterocycles. The quantitative estimate of drug-likeness (QED) is 0.785. The minimum atomic E-state index is -0.363. The number of aromatic nitrogens is 2. The Labute approximate surface area is 118 Å². The van der Waals surface area contributed by atoms with E-state index in [4.69, 9.17) is 4.74 Å². The Morgan fingerprint density at radius 3 is 2.95 bits per heavy atom. The molecule has 0 saturated heterocycles. The van der Waals surface area contributed by atoms with E-state index in [1.54, 1.807) is 0 Å². The molecule has 2 aromatic rings. The summed E-state index contributed by atoms with van der Waals surface area (Å²) in [7, 11) is 0. The van der Waals surface area contributed by atoms with E-state index in [1.807, 2.05) is 42.1 Å². The number of hydrogen-bond donors (Lipinski definition) is 1. The van der Waals surface area contributed by atoms with Crippen LogP contribution in [0.3, 0.4) is 0 Å². The molecule has 20 heavy (non-hydrogen) atoms. The van der Waals surface area contributed by atoms with Gasteiger partial charge >= 0.3 is 5.97 Å². The van der Waals surface area contributed by atoms with E-state index in [0.717, 1.165) is 23.9 Å². The monoisotopic (exact) mass is 275 g/mol. The second kappa shape index (κ2) is 7.05. The Bertz CT molecular complexity index is 565. The number of ether oxygens (including phenoxy) is 1. The van der Waals surface area contributed by atoms with Crippen LogP contribution < -0.4 is 5.32 Å². The molecule has 0 aliphatic heterocycles. The van der Waals surface area contributed by atoms with E-state index in [9.17, 15) is 4.79 Å². The summed E-state index contributed by atoms with van der Waals surface area (Å²) in [5.74, 6) is -0.222. The highest BCUT2D eigenvalue weighted by Gasteiger charge is 2.20. The molecular weight excluding hydrogens is 254 g/mol. The molecule has 1 unspecified atom stereocenters. The number of esters is 1. The van der Waals surface area contributed by atoms with Gasteiger partial charge in [-0.25, -0.2) is 0 Å². The molecule has 5 heteroatoms. The summed E-state index contributed by atoms with van der Waals surface area (Å²) in [5, 5.41) is 8.65. The first kappa shape index (κ1) is 14.5. The summed E-state index contributed by atoms with van der Waals surface area (Å²) in [4.78, 5) is 12.0. The molecule has 1 atom stereocenters. The van der Waals surface area contributed by atoms with Gasteiger partial charge in [0.15, 0.2) is 0 Å². The van der Waals surface area contributed by atoms with Gasteiger partial charge in [0.25, 0.3) is 0 Å². The second-order valence-corrected chi connectivity index (χ2v) is 4.64. The van der Waals surface area contributed by atoms with Crippen molar-refractivity contribution in [2.45, 2.75) is 32.9 Å². The van der Waals surface area contributed by atoms with E-state index < -0.39 is 0 Å². The van der Waals surface area contributed by atoms with Crippen molar-refractivity contribution in [3.05, 3.63) is 30.5 Å². The molecule has 0 aliphatic carbocycles. The van der Waals surface area contributed by atoms with Gasteiger partial charge in [-0.15, -0.1) is 0 Å². The molecule has 0 bridgehead atoms. The van der Waals surface area contributed by atoms with Gasteiger partial charge in [0.05, 0.1) is 24.9 Å². The third-order valence-corrected chi connectivity index (χ3v) is 3.12. The molecule has 1 N–H and O–H groups in total. The van der Waals surface area contributed by atoms with Gasteiger partial charge in [-0.1, -0.05) is 25.1 Å². The van der Waals surface area contributed by atoms with Crippen LogP contribution >= 0.6 is 0 Å². The molecule has 5 nitrogen and oxygen atoms in total. The maximum atomic E-state index is 12.0. The summed E-state index contributed by atoms with van der Waals surface area (Å²) < 4.78 is 6.97. The van der Waals surface area contributed by atoms with E-state index in [-0.39, 0.29) is 12.0 Å². The zero-order valence-corrected chi connectivity index (χ0v) is 12.0. The highest BCUT2D eigenvalue weighted by Crippen LogP contribution is 2.13. The molecule has 0 amide bonds. The number of carbonyl (C=O) groups excluding carboxylic acids is 1. The predicted octanol–water partition coefficient (Wildman–Crippen LogP) is 1.97. The molecular formula is C15H21N3O2. The molecule has 2 rings (SSSR count). The smallest absolute Gasteiger partial charge is 0.325 e. The highest BCUT2D eigenvalue weighted by molar-refractivity contribution is 5.79. The number of rotatable bonds is 7. The first-order chi connectivity index (χ1) is 9.76. The van der Waals surface area contributed by atoms with Crippen molar-refractivity contribution < 1.29 is 9.53 Å². The van der Waals surface area contributed by atoms with Crippen molar-refractivity contribution >= 4 is 16.9 Å². The molecule has 0 saturated carbocycles. The van der Waals surface area contributed by atoms with Crippen molar-refractivity contribution in [2.24, 2.45) is 0 Å². The molecule has 0 aliphatic rings. The summed E-state index contributed by atoms with van der Waals surface area (Å²) in [6.45, 7) is 5.54. The lowest BCUT2D eigenvalue weighted by Gasteiger charge is -2.17. The standard InChI is InChI=1S/C15H21N3O2/c1-3-9-16-13(15(19)20-4-2)11-18-14-8-6-5-7-12(14)10-17-18/h5-8,10,13,16H,3-4,9,11H2,1-2H3. The number of para-hydroxylation sites is 1. The summed E-state index contributed by atoms with van der Waals surface area (Å²) in [6, 6.07) is 7.60. The molecule has 0 spiro atoms. The van der Waals surface area contributed by atoms with Crippen LogP contribution in [0.1, 0.15) is 20.3 Å². The Hall–Kier alpha value is -1.88. The summed E-state index contributed by atoms with van der Waals surface area (Å²) >= 11 is 0. The van der Waals surface area contributed by atoms with Gasteiger partial charge in [-0.3, -0.25) is 9.48 Å². The Morgan fingerprint density at radius 1 is 1.40 bits per heavy atom. The SMILES string of the molecule is CCCNC(Cn1ncc2ccccc21)C(=O)OCC. The fourth-order valence-electron chi connectivity index (χ4n) is 2.13. The van der Waals surface area contributed by atoms with Crippen LogP contribution in [-0.2, 0) is 16.1 Å². The molecule has 0 fully saturated rings. The van der Waals surface area contributed by atoms with E-state index in [0.29, 0.717) is 13.2 Å². The fraction of sp³-hybridized carbons (Fsp3) is 0.467. The Morgan fingerprint density at radius 2 is 2.20 bits per heavy atom. The third kappa shape index (κ3) is 3.36. The maximum absolute atomic E-state index is 12.0. The maximum Gasteiger partial charge on any atom is 0.325 e. The highest BCUT2D eigenvalue weighted by atomic mass is 16.5. The van der Waals surface area contributed by atoms with Crippen molar-refractivity contribution in [3.8, 4) is 0 Å². The number of fused-ring (bicyclic) bond motifs is 1. The van der Waals surface area contributed by atoms with Gasteiger partial charge in [0.1, 0.15) is 6.04 Å². The van der Waals surface area contributed by atoms with Crippen LogP contribution in [0.25, 0.3) is 10.9 Å². The number of benzene rings is 1. The zero-order chi connectivity index (χ0) is 14.4. The van der Waals surface area contributed by atoms with Gasteiger partial charge in [0.2, 0.25) is 0 Å². The van der Waals surface area contributed by atoms with Gasteiger partial charge in [-0.2, -0.15) is 5.10 Å². The summed E-state index contributed by atoms with van der Waals surface area (Å²) in [5.41, 5.74) is 1.03. The van der Waals surface area contributed by atoms with E-state index in [1.165, 1.54) is 0 Å². The average Bonchev–Trinajstić information content (AvgIpc) is 2.87. The fourth-order valence-corrected chi connectivity index (χ4v) is 2.13. The van der Waals surface area contributed by atoms with Crippen molar-refractivity contribution in [2.75, 3.05) is 13.2 Å². The minimum absolute atomic E-state index is 0.222. The van der Waals surface area contributed by atoms with Gasteiger partial charge in [0, 0.05) is 5.39 Å². The number of hydrogen-bond acceptors (Lipinski definition) is 4. The molecule has 0 radical (unpaired) electrons. The topological polar surface area (TPSA) is 56.2 Å². The Kier molecular flexibility index (Phi) is 5.12. The van der Waals surface area contributed by atoms with Crippen LogP contribution in [0.5, 0.6) is 0 Å². The summed E-state index contributed by atoms with van der Waals surface area (Å²) in [6.07, 6.45) is 2.78. The van der Waals surface area contributed by atoms with Gasteiger partial charge < -0.3 is 10.1 Å². The van der Waals surface area contributed by atoms with Crippen LogP contribution in [0.4, 0.5) is 0 Å². The normalized spacial score (nSPS) is 12.5. The van der Waals surface area contributed by atoms with Crippen molar-refractivity contribution in [3.63, 3.8) is 0 Å². The third-order valence-electron chi connectivity index (χ3n) is 3.12. The average molecular weight is 275 g/mol. The van der Waals surface area contributed by atoms with Crippen molar-refractivity contribution in [1.82, 2.24) is 15.1 Å². The predicted molar refractivity (Wildman–Crippen MR) is 78.4 cm³/mol. The van der Waals surface area contributed by atoms with Crippen molar-refractivity contribution in [1.29, 1.82) is 0 Å². The minimum Gasteiger partial charge on any atom is -0.465 e. The second-order valence-electron chi connectivity index (χ2n) is 4.64. The van der Waals surface area contributed by atoms with E-state index >= 15 is 0 Å². The first-order valence-electron chi connectivity index (χ1n) is 7.06. The van der Waals surface area contributed by atoms with Crippen LogP contribution in [-0.4, -0.2) is 34.9 Å². The molecule has 108 valence electrons.